The minimum absolute atomic E-state index is 0.848. The molecule has 1 rings (SSSR count). The van der Waals surface area contributed by atoms with Gasteiger partial charge in [0.25, 0.3) is 0 Å². The molecule has 2 N–H and O–H groups in total. The van der Waals surface area contributed by atoms with Gasteiger partial charge in [0.15, 0.2) is 0 Å². The fraction of sp³-hybridized carbons (Fsp3) is 0.455. The van der Waals surface area contributed by atoms with Crippen molar-refractivity contribution in [3.05, 3.63) is 34.3 Å². The van der Waals surface area contributed by atoms with Crippen LogP contribution in [0.1, 0.15) is 25.0 Å². The minimum Gasteiger partial charge on any atom is -0.333 e. The first-order valence-corrected chi connectivity index (χ1v) is 4.88. The molecule has 0 fully saturated rings. The van der Waals surface area contributed by atoms with Crippen LogP contribution in [-0.2, 0) is 0 Å². The predicted octanol–water partition coefficient (Wildman–Crippen LogP) is 3.56. The molecule has 2 heteroatoms. The summed E-state index contributed by atoms with van der Waals surface area (Å²) in [6.45, 7) is 8.07. The first-order chi connectivity index (χ1) is 6.20. The molecular weight excluding hydrogens is 182 g/mol. The van der Waals surface area contributed by atoms with Crippen LogP contribution in [0.25, 0.3) is 0 Å². The van der Waals surface area contributed by atoms with E-state index in [1.54, 1.807) is 0 Å². The lowest BCUT2D eigenvalue weighted by Crippen LogP contribution is -1.75. The maximum Gasteiger partial charge on any atom is 0.0435 e. The quantitative estimate of drug-likeness (QED) is 0.683. The van der Waals surface area contributed by atoms with E-state index in [0.29, 0.717) is 0 Å². The van der Waals surface area contributed by atoms with Gasteiger partial charge in [-0.1, -0.05) is 43.1 Å². The molecule has 0 unspecified atom stereocenters. The van der Waals surface area contributed by atoms with E-state index >= 15 is 0 Å². The average Bonchev–Trinajstić information content (AvgIpc) is 2.18. The SMILES string of the molecule is CC.CN.Cc1ccc(Cl)c(C)c1. The van der Waals surface area contributed by atoms with Crippen molar-refractivity contribution in [2.45, 2.75) is 27.7 Å². The summed E-state index contributed by atoms with van der Waals surface area (Å²) in [5.74, 6) is 0. The summed E-state index contributed by atoms with van der Waals surface area (Å²) in [4.78, 5) is 0. The molecule has 0 aliphatic carbocycles. The summed E-state index contributed by atoms with van der Waals surface area (Å²) < 4.78 is 0. The summed E-state index contributed by atoms with van der Waals surface area (Å²) in [5.41, 5.74) is 6.91. The lowest BCUT2D eigenvalue weighted by molar-refractivity contribution is 1.39. The van der Waals surface area contributed by atoms with Gasteiger partial charge in [0.05, 0.1) is 0 Å². The van der Waals surface area contributed by atoms with Gasteiger partial charge in [0, 0.05) is 5.02 Å². The van der Waals surface area contributed by atoms with Crippen molar-refractivity contribution in [3.63, 3.8) is 0 Å². The number of nitrogens with two attached hydrogens (primary N) is 1. The highest BCUT2D eigenvalue weighted by molar-refractivity contribution is 6.31. The molecule has 1 aromatic carbocycles. The summed E-state index contributed by atoms with van der Waals surface area (Å²) in [5, 5.41) is 0.848. The highest BCUT2D eigenvalue weighted by atomic mass is 35.5. The van der Waals surface area contributed by atoms with Crippen molar-refractivity contribution in [3.8, 4) is 0 Å². The molecule has 0 atom stereocenters. The molecule has 0 heterocycles. The molecule has 1 aromatic rings. The van der Waals surface area contributed by atoms with Gasteiger partial charge in [-0.05, 0) is 32.5 Å². The minimum atomic E-state index is 0.848. The van der Waals surface area contributed by atoms with Crippen LogP contribution >= 0.6 is 11.6 Å². The Morgan fingerprint density at radius 1 is 1.08 bits per heavy atom. The topological polar surface area (TPSA) is 26.0 Å². The second kappa shape index (κ2) is 9.56. The van der Waals surface area contributed by atoms with E-state index in [1.165, 1.54) is 12.6 Å². The van der Waals surface area contributed by atoms with Crippen LogP contribution in [0, 0.1) is 13.8 Å². The number of benzene rings is 1. The molecule has 0 bridgehead atoms. The van der Waals surface area contributed by atoms with Crippen LogP contribution in [0.5, 0.6) is 0 Å². The van der Waals surface area contributed by atoms with Gasteiger partial charge in [-0.3, -0.25) is 0 Å². The lowest BCUT2D eigenvalue weighted by Gasteiger charge is -1.96. The Kier molecular flexibility index (Phi) is 11.0. The van der Waals surface area contributed by atoms with Gasteiger partial charge in [-0.2, -0.15) is 0 Å². The molecule has 0 spiro atoms. The van der Waals surface area contributed by atoms with Gasteiger partial charge in [-0.15, -0.1) is 0 Å². The number of halogens is 1. The Labute approximate surface area is 86.9 Å². The van der Waals surface area contributed by atoms with Crippen molar-refractivity contribution in [2.24, 2.45) is 5.73 Å². The Balaban J connectivity index is 0. The average molecular weight is 202 g/mol. The molecular formula is C11H20ClN. The molecule has 0 aliphatic heterocycles. The zero-order valence-corrected chi connectivity index (χ0v) is 9.94. The largest absolute Gasteiger partial charge is 0.333 e. The normalized spacial score (nSPS) is 7.62. The van der Waals surface area contributed by atoms with Gasteiger partial charge >= 0.3 is 0 Å². The van der Waals surface area contributed by atoms with Crippen LogP contribution in [0.4, 0.5) is 0 Å². The van der Waals surface area contributed by atoms with E-state index in [2.05, 4.69) is 18.7 Å². The maximum atomic E-state index is 5.78. The molecule has 0 amide bonds. The third kappa shape index (κ3) is 6.62. The van der Waals surface area contributed by atoms with E-state index in [9.17, 15) is 0 Å². The van der Waals surface area contributed by atoms with Crippen LogP contribution in [0.15, 0.2) is 18.2 Å². The predicted molar refractivity (Wildman–Crippen MR) is 62.4 cm³/mol. The van der Waals surface area contributed by atoms with Gasteiger partial charge in [-0.25, -0.2) is 0 Å². The Hall–Kier alpha value is -0.530. The van der Waals surface area contributed by atoms with Crippen LogP contribution < -0.4 is 5.73 Å². The molecule has 0 aliphatic rings. The first kappa shape index (κ1) is 15.0. The van der Waals surface area contributed by atoms with E-state index in [0.717, 1.165) is 10.6 Å². The fourth-order valence-electron chi connectivity index (χ4n) is 0.795. The molecule has 13 heavy (non-hydrogen) atoms. The van der Waals surface area contributed by atoms with Crippen LogP contribution in [0.3, 0.4) is 0 Å². The summed E-state index contributed by atoms with van der Waals surface area (Å²) in [6.07, 6.45) is 0. The van der Waals surface area contributed by atoms with E-state index in [4.69, 9.17) is 11.6 Å². The van der Waals surface area contributed by atoms with Gasteiger partial charge in [0.1, 0.15) is 0 Å². The molecule has 0 saturated carbocycles. The van der Waals surface area contributed by atoms with Gasteiger partial charge in [0.2, 0.25) is 0 Å². The smallest absolute Gasteiger partial charge is 0.0435 e. The number of aryl methyl sites for hydroxylation is 2. The highest BCUT2D eigenvalue weighted by Crippen LogP contribution is 2.14. The monoisotopic (exact) mass is 201 g/mol. The zero-order chi connectivity index (χ0) is 10.9. The third-order valence-corrected chi connectivity index (χ3v) is 1.74. The lowest BCUT2D eigenvalue weighted by atomic mass is 10.2. The maximum absolute atomic E-state index is 5.78. The first-order valence-electron chi connectivity index (χ1n) is 4.50. The van der Waals surface area contributed by atoms with E-state index in [-0.39, 0.29) is 0 Å². The standard InChI is InChI=1S/C8H9Cl.C2H6.CH5N/c1-6-3-4-8(9)7(2)5-6;2*1-2/h3-5H,1-2H3;1-2H3;2H2,1H3. The van der Waals surface area contributed by atoms with Crippen molar-refractivity contribution < 1.29 is 0 Å². The molecule has 0 radical (unpaired) electrons. The second-order valence-electron chi connectivity index (χ2n) is 2.25. The third-order valence-electron chi connectivity index (χ3n) is 1.31. The molecule has 1 nitrogen and oxygen atoms in total. The number of hydrogen-bond acceptors (Lipinski definition) is 1. The summed E-state index contributed by atoms with van der Waals surface area (Å²) >= 11 is 5.78. The van der Waals surface area contributed by atoms with Crippen LogP contribution in [-0.4, -0.2) is 7.05 Å². The van der Waals surface area contributed by atoms with Gasteiger partial charge < -0.3 is 5.73 Å². The molecule has 76 valence electrons. The Morgan fingerprint density at radius 2 is 1.54 bits per heavy atom. The van der Waals surface area contributed by atoms with Crippen molar-refractivity contribution in [2.75, 3.05) is 7.05 Å². The van der Waals surface area contributed by atoms with Crippen LogP contribution in [0.2, 0.25) is 5.02 Å². The number of hydrogen-bond donors (Lipinski definition) is 1. The fourth-order valence-corrected chi connectivity index (χ4v) is 0.912. The van der Waals surface area contributed by atoms with E-state index in [1.807, 2.05) is 32.9 Å². The molecule has 0 saturated heterocycles. The molecule has 0 aromatic heterocycles. The summed E-state index contributed by atoms with van der Waals surface area (Å²) in [7, 11) is 1.50. The van der Waals surface area contributed by atoms with Crippen molar-refractivity contribution >= 4 is 11.6 Å². The van der Waals surface area contributed by atoms with E-state index < -0.39 is 0 Å². The Morgan fingerprint density at radius 3 is 1.85 bits per heavy atom. The number of rotatable bonds is 0. The van der Waals surface area contributed by atoms with Crippen molar-refractivity contribution in [1.29, 1.82) is 0 Å². The second-order valence-corrected chi connectivity index (χ2v) is 2.66. The zero-order valence-electron chi connectivity index (χ0n) is 9.19. The van der Waals surface area contributed by atoms with Crippen molar-refractivity contribution in [1.82, 2.24) is 0 Å². The Bertz CT molecular complexity index is 221. The highest BCUT2D eigenvalue weighted by Gasteiger charge is 1.91. The summed E-state index contributed by atoms with van der Waals surface area (Å²) in [6, 6.07) is 6.00.